The first-order valence-electron chi connectivity index (χ1n) is 11.0. The SMILES string of the molecule is CC(C)c1nnc2ccc(N3CCC[C@@H](C(=O)NCCC4=CCCCC4)C3)nn12. The van der Waals surface area contributed by atoms with Gasteiger partial charge in [-0.25, -0.2) is 0 Å². The summed E-state index contributed by atoms with van der Waals surface area (Å²) >= 11 is 0. The van der Waals surface area contributed by atoms with Gasteiger partial charge in [0.2, 0.25) is 5.91 Å². The van der Waals surface area contributed by atoms with Crippen LogP contribution >= 0.6 is 0 Å². The number of rotatable bonds is 6. The third-order valence-electron chi connectivity index (χ3n) is 6.04. The molecule has 2 aliphatic rings. The van der Waals surface area contributed by atoms with Gasteiger partial charge in [0.15, 0.2) is 11.5 Å². The monoisotopic (exact) mass is 396 g/mol. The smallest absolute Gasteiger partial charge is 0.224 e. The number of hydrogen-bond acceptors (Lipinski definition) is 5. The standard InChI is InChI=1S/C22H32N6O/c1-16(2)21-25-24-19-10-11-20(26-28(19)21)27-14-6-9-18(15-27)22(29)23-13-12-17-7-4-3-5-8-17/h7,10-11,16,18H,3-6,8-9,12-15H2,1-2H3,(H,23,29)/t18-/m1/s1. The molecule has 4 rings (SSSR count). The minimum absolute atomic E-state index is 0.0204. The minimum Gasteiger partial charge on any atom is -0.355 e. The first-order valence-corrected chi connectivity index (χ1v) is 11.0. The Balaban J connectivity index is 1.37. The van der Waals surface area contributed by atoms with E-state index in [1.165, 1.54) is 31.3 Å². The molecule has 1 aliphatic carbocycles. The molecule has 0 saturated carbocycles. The van der Waals surface area contributed by atoms with Gasteiger partial charge in [-0.3, -0.25) is 4.79 Å². The highest BCUT2D eigenvalue weighted by atomic mass is 16.1. The normalized spacial score (nSPS) is 20.2. The number of allylic oxidation sites excluding steroid dienone is 1. The van der Waals surface area contributed by atoms with Crippen LogP contribution in [0.1, 0.15) is 70.5 Å². The van der Waals surface area contributed by atoms with Gasteiger partial charge >= 0.3 is 0 Å². The second-order valence-corrected chi connectivity index (χ2v) is 8.61. The maximum Gasteiger partial charge on any atom is 0.224 e. The van der Waals surface area contributed by atoms with Crippen molar-refractivity contribution in [3.05, 3.63) is 29.6 Å². The molecule has 3 heterocycles. The highest BCUT2D eigenvalue weighted by Crippen LogP contribution is 2.23. The molecule has 7 heteroatoms. The van der Waals surface area contributed by atoms with Crippen LogP contribution < -0.4 is 10.2 Å². The van der Waals surface area contributed by atoms with E-state index in [1.807, 2.05) is 16.6 Å². The summed E-state index contributed by atoms with van der Waals surface area (Å²) in [5.41, 5.74) is 2.27. The molecule has 156 valence electrons. The Labute approximate surface area is 172 Å². The Morgan fingerprint density at radius 3 is 2.93 bits per heavy atom. The summed E-state index contributed by atoms with van der Waals surface area (Å²) in [6, 6.07) is 3.95. The molecule has 29 heavy (non-hydrogen) atoms. The fourth-order valence-corrected chi connectivity index (χ4v) is 4.35. The van der Waals surface area contributed by atoms with Crippen molar-refractivity contribution in [2.24, 2.45) is 5.92 Å². The number of anilines is 1. The van der Waals surface area contributed by atoms with Crippen molar-refractivity contribution in [1.82, 2.24) is 25.1 Å². The van der Waals surface area contributed by atoms with Crippen molar-refractivity contribution in [1.29, 1.82) is 0 Å². The van der Waals surface area contributed by atoms with Crippen LogP contribution in [0.15, 0.2) is 23.8 Å². The predicted octanol–water partition coefficient (Wildman–Crippen LogP) is 3.47. The van der Waals surface area contributed by atoms with E-state index in [9.17, 15) is 4.79 Å². The lowest BCUT2D eigenvalue weighted by Crippen LogP contribution is -2.43. The van der Waals surface area contributed by atoms with Crippen LogP contribution in [0.3, 0.4) is 0 Å². The maximum absolute atomic E-state index is 12.7. The van der Waals surface area contributed by atoms with Crippen LogP contribution in [-0.4, -0.2) is 45.4 Å². The van der Waals surface area contributed by atoms with Crippen molar-refractivity contribution in [2.75, 3.05) is 24.5 Å². The van der Waals surface area contributed by atoms with Gasteiger partial charge in [-0.2, -0.15) is 4.52 Å². The number of amides is 1. The fraction of sp³-hybridized carbons (Fsp3) is 0.636. The Bertz CT molecular complexity index is 887. The Morgan fingerprint density at radius 2 is 2.14 bits per heavy atom. The lowest BCUT2D eigenvalue weighted by molar-refractivity contribution is -0.125. The molecule has 0 spiro atoms. The number of fused-ring (bicyclic) bond motifs is 1. The zero-order valence-corrected chi connectivity index (χ0v) is 17.6. The molecule has 7 nitrogen and oxygen atoms in total. The van der Waals surface area contributed by atoms with Gasteiger partial charge in [0.05, 0.1) is 5.92 Å². The van der Waals surface area contributed by atoms with E-state index in [1.54, 1.807) is 0 Å². The summed E-state index contributed by atoms with van der Waals surface area (Å²) in [6.45, 7) is 6.58. The number of carbonyl (C=O) groups is 1. The number of carbonyl (C=O) groups excluding carboxylic acids is 1. The number of piperidine rings is 1. The van der Waals surface area contributed by atoms with Gasteiger partial charge in [-0.15, -0.1) is 15.3 Å². The zero-order chi connectivity index (χ0) is 20.2. The summed E-state index contributed by atoms with van der Waals surface area (Å²) in [5, 5.41) is 16.4. The minimum atomic E-state index is 0.0204. The molecular weight excluding hydrogens is 364 g/mol. The first-order chi connectivity index (χ1) is 14.1. The largest absolute Gasteiger partial charge is 0.355 e. The highest BCUT2D eigenvalue weighted by Gasteiger charge is 2.27. The maximum atomic E-state index is 12.7. The van der Waals surface area contributed by atoms with Gasteiger partial charge in [0, 0.05) is 25.6 Å². The molecule has 2 aromatic heterocycles. The van der Waals surface area contributed by atoms with Gasteiger partial charge in [0.25, 0.3) is 0 Å². The quantitative estimate of drug-likeness (QED) is 0.757. The molecule has 0 bridgehead atoms. The fourth-order valence-electron chi connectivity index (χ4n) is 4.35. The molecule has 1 fully saturated rings. The van der Waals surface area contributed by atoms with Gasteiger partial charge in [-0.1, -0.05) is 25.5 Å². The first kappa shape index (κ1) is 19.9. The van der Waals surface area contributed by atoms with Crippen molar-refractivity contribution in [3.63, 3.8) is 0 Å². The van der Waals surface area contributed by atoms with E-state index in [0.29, 0.717) is 6.54 Å². The van der Waals surface area contributed by atoms with Crippen LogP contribution in [0.4, 0.5) is 5.82 Å². The summed E-state index contributed by atoms with van der Waals surface area (Å²) in [4.78, 5) is 15.0. The second kappa shape index (κ2) is 8.93. The van der Waals surface area contributed by atoms with Crippen LogP contribution in [0, 0.1) is 5.92 Å². The van der Waals surface area contributed by atoms with Crippen molar-refractivity contribution < 1.29 is 4.79 Å². The molecule has 1 N–H and O–H groups in total. The lowest BCUT2D eigenvalue weighted by Gasteiger charge is -2.32. The Morgan fingerprint density at radius 1 is 1.24 bits per heavy atom. The van der Waals surface area contributed by atoms with E-state index in [2.05, 4.69) is 40.3 Å². The van der Waals surface area contributed by atoms with Crippen molar-refractivity contribution in [3.8, 4) is 0 Å². The zero-order valence-electron chi connectivity index (χ0n) is 17.6. The van der Waals surface area contributed by atoms with Crippen LogP contribution in [0.25, 0.3) is 5.65 Å². The summed E-state index contributed by atoms with van der Waals surface area (Å²) in [5.74, 6) is 2.22. The molecule has 2 aromatic rings. The van der Waals surface area contributed by atoms with Crippen molar-refractivity contribution in [2.45, 2.75) is 64.7 Å². The van der Waals surface area contributed by atoms with Gasteiger partial charge in [0.1, 0.15) is 5.82 Å². The number of aromatic nitrogens is 4. The van der Waals surface area contributed by atoms with Crippen LogP contribution in [0.2, 0.25) is 0 Å². The molecule has 1 saturated heterocycles. The average molecular weight is 397 g/mol. The van der Waals surface area contributed by atoms with Crippen LogP contribution in [0.5, 0.6) is 0 Å². The van der Waals surface area contributed by atoms with E-state index in [0.717, 1.165) is 49.6 Å². The number of nitrogens with one attached hydrogen (secondary N) is 1. The Hall–Kier alpha value is -2.44. The number of nitrogens with zero attached hydrogens (tertiary/aromatic N) is 5. The summed E-state index contributed by atoms with van der Waals surface area (Å²) in [7, 11) is 0. The Kier molecular flexibility index (Phi) is 6.11. The van der Waals surface area contributed by atoms with Gasteiger partial charge < -0.3 is 10.2 Å². The van der Waals surface area contributed by atoms with E-state index < -0.39 is 0 Å². The third-order valence-corrected chi connectivity index (χ3v) is 6.04. The molecule has 1 atom stereocenters. The molecular formula is C22H32N6O. The molecule has 1 aliphatic heterocycles. The van der Waals surface area contributed by atoms with Gasteiger partial charge in [-0.05, 0) is 57.1 Å². The summed E-state index contributed by atoms with van der Waals surface area (Å²) in [6.07, 6.45) is 10.3. The lowest BCUT2D eigenvalue weighted by atomic mass is 9.96. The molecule has 0 radical (unpaired) electrons. The molecule has 0 unspecified atom stereocenters. The highest BCUT2D eigenvalue weighted by molar-refractivity contribution is 5.79. The number of hydrogen-bond donors (Lipinski definition) is 1. The third kappa shape index (κ3) is 4.60. The average Bonchev–Trinajstić information content (AvgIpc) is 3.18. The summed E-state index contributed by atoms with van der Waals surface area (Å²) < 4.78 is 1.83. The van der Waals surface area contributed by atoms with E-state index in [-0.39, 0.29) is 17.7 Å². The van der Waals surface area contributed by atoms with E-state index in [4.69, 9.17) is 5.10 Å². The predicted molar refractivity (Wildman–Crippen MR) is 114 cm³/mol. The molecule has 1 amide bonds. The van der Waals surface area contributed by atoms with E-state index >= 15 is 0 Å². The van der Waals surface area contributed by atoms with Crippen molar-refractivity contribution >= 4 is 17.4 Å². The van der Waals surface area contributed by atoms with Crippen LogP contribution in [-0.2, 0) is 4.79 Å². The topological polar surface area (TPSA) is 75.4 Å². The second-order valence-electron chi connectivity index (χ2n) is 8.61. The molecule has 0 aromatic carbocycles.